The van der Waals surface area contributed by atoms with E-state index in [0.29, 0.717) is 13.1 Å². The first-order chi connectivity index (χ1) is 15.8. The van der Waals surface area contributed by atoms with Crippen molar-refractivity contribution in [2.24, 2.45) is 19.8 Å². The van der Waals surface area contributed by atoms with Gasteiger partial charge in [0.1, 0.15) is 24.8 Å². The number of aryl methyl sites for hydroxylation is 4. The van der Waals surface area contributed by atoms with Crippen LogP contribution in [0.1, 0.15) is 25.9 Å². The third-order valence-corrected chi connectivity index (χ3v) is 5.10. The third kappa shape index (κ3) is 29.7. The smallest absolute Gasteiger partial charge is 1.00 e. The first-order valence-electron chi connectivity index (χ1n) is 10.8. The third-order valence-electron chi connectivity index (χ3n) is 4.53. The number of aliphatic hydroxyl groups excluding tert-OH is 2. The molecule has 0 fully saturated rings. The predicted molar refractivity (Wildman–Crippen MR) is 128 cm³/mol. The van der Waals surface area contributed by atoms with Crippen LogP contribution in [0.25, 0.3) is 0 Å². The number of rotatable bonds is 11. The van der Waals surface area contributed by atoms with E-state index in [2.05, 4.69) is 97.1 Å². The van der Waals surface area contributed by atoms with Crippen LogP contribution in [0.2, 0.25) is 0 Å². The van der Waals surface area contributed by atoms with E-state index in [9.17, 15) is 0 Å². The number of nitrogens with one attached hydrogen (secondary N) is 1. The number of nitrogens with two attached hydrogens (primary N) is 1. The second-order valence-corrected chi connectivity index (χ2v) is 7.67. The van der Waals surface area contributed by atoms with Crippen LogP contribution < -0.4 is 162 Å². The van der Waals surface area contributed by atoms with Crippen LogP contribution in [0.15, 0.2) is 24.8 Å². The van der Waals surface area contributed by atoms with Crippen molar-refractivity contribution in [2.45, 2.75) is 39.8 Å². The van der Waals surface area contributed by atoms with Gasteiger partial charge in [0, 0.05) is 32.3 Å². The molecule has 2 rings (SSSR count). The number of hydrogen-bond acceptors (Lipinski definition) is 7. The van der Waals surface area contributed by atoms with Gasteiger partial charge >= 0.3 is 103 Å². The van der Waals surface area contributed by atoms with Gasteiger partial charge in [-0.2, -0.15) is 0 Å². The molecular formula is C21H43Br3K2N6O5. The SMILES string of the molecule is Cc1n(CCCBr)cc[n+]1C.Cc1n(CCCNCCO)cc[n+]1C.NCCO.O=CO[O-].[Br-].[Br-].[H-].[K+].[K+]. The minimum atomic E-state index is -0.181. The minimum absolute atomic E-state index is 0. The number of imidazole rings is 2. The number of aromatic nitrogens is 4. The summed E-state index contributed by atoms with van der Waals surface area (Å²) >= 11 is 3.42. The van der Waals surface area contributed by atoms with Crippen molar-refractivity contribution in [3.05, 3.63) is 36.4 Å². The van der Waals surface area contributed by atoms with Crippen molar-refractivity contribution < 1.29 is 172 Å². The fourth-order valence-electron chi connectivity index (χ4n) is 2.48. The van der Waals surface area contributed by atoms with Crippen LogP contribution >= 0.6 is 15.9 Å². The van der Waals surface area contributed by atoms with Crippen molar-refractivity contribution >= 4 is 22.4 Å². The molecule has 2 heterocycles. The molecule has 210 valence electrons. The summed E-state index contributed by atoms with van der Waals surface area (Å²) in [5.74, 6) is 2.58. The number of alkyl halides is 1. The Kier molecular flexibility index (Phi) is 54.1. The van der Waals surface area contributed by atoms with Gasteiger partial charge in [-0.3, -0.25) is 4.79 Å². The number of carbonyl (C=O) groups is 1. The molecule has 0 aromatic carbocycles. The van der Waals surface area contributed by atoms with Crippen LogP contribution in [0.3, 0.4) is 0 Å². The normalized spacial score (nSPS) is 8.57. The fourth-order valence-corrected chi connectivity index (χ4v) is 2.73. The second kappa shape index (κ2) is 38.4. The Morgan fingerprint density at radius 3 is 1.70 bits per heavy atom. The zero-order chi connectivity index (χ0) is 25.5. The number of hydrogen-bond donors (Lipinski definition) is 4. The zero-order valence-electron chi connectivity index (χ0n) is 24.1. The maximum Gasteiger partial charge on any atom is 1.00 e. The van der Waals surface area contributed by atoms with E-state index in [4.69, 9.17) is 26.0 Å². The van der Waals surface area contributed by atoms with Gasteiger partial charge in [-0.1, -0.05) is 15.9 Å². The predicted octanol–water partition coefficient (Wildman–Crippen LogP) is -13.5. The molecule has 5 N–H and O–H groups in total. The summed E-state index contributed by atoms with van der Waals surface area (Å²) in [6, 6.07) is 0. The number of carbonyl (C=O) groups excluding carboxylic acids is 1. The molecule has 0 atom stereocenters. The van der Waals surface area contributed by atoms with Crippen LogP contribution in [0, 0.1) is 13.8 Å². The molecule has 0 radical (unpaired) electrons. The van der Waals surface area contributed by atoms with Crippen molar-refractivity contribution in [2.75, 3.05) is 38.2 Å². The van der Waals surface area contributed by atoms with Gasteiger partial charge in [0.2, 0.25) is 0 Å². The Morgan fingerprint density at radius 2 is 1.43 bits per heavy atom. The van der Waals surface area contributed by atoms with E-state index in [0.717, 1.165) is 31.4 Å². The topological polar surface area (TPSA) is 145 Å². The quantitative estimate of drug-likeness (QED) is 0.0338. The van der Waals surface area contributed by atoms with Crippen LogP contribution in [0.5, 0.6) is 0 Å². The van der Waals surface area contributed by atoms with Crippen LogP contribution in [-0.4, -0.2) is 64.0 Å². The summed E-state index contributed by atoms with van der Waals surface area (Å²) in [5.41, 5.74) is 4.78. The van der Waals surface area contributed by atoms with Crippen molar-refractivity contribution in [1.29, 1.82) is 0 Å². The van der Waals surface area contributed by atoms with Gasteiger partial charge in [-0.25, -0.2) is 18.3 Å². The largest absolute Gasteiger partial charge is 1.00 e. The number of aliphatic hydroxyl groups is 2. The van der Waals surface area contributed by atoms with Crippen molar-refractivity contribution in [3.63, 3.8) is 0 Å². The van der Waals surface area contributed by atoms with E-state index >= 15 is 0 Å². The molecule has 0 saturated heterocycles. The van der Waals surface area contributed by atoms with Crippen molar-refractivity contribution in [3.8, 4) is 0 Å². The molecule has 2 aromatic heterocycles. The molecule has 11 nitrogen and oxygen atoms in total. The van der Waals surface area contributed by atoms with Gasteiger partial charge in [0.05, 0.1) is 40.4 Å². The molecule has 0 aliphatic rings. The molecule has 0 aliphatic carbocycles. The first kappa shape index (κ1) is 52.1. The van der Waals surface area contributed by atoms with Gasteiger partial charge < -0.3 is 66.8 Å². The summed E-state index contributed by atoms with van der Waals surface area (Å²) in [6.07, 6.45) is 10.7. The summed E-state index contributed by atoms with van der Waals surface area (Å²) in [6.45, 7) is 8.55. The van der Waals surface area contributed by atoms with E-state index in [1.807, 2.05) is 0 Å². The van der Waals surface area contributed by atoms with E-state index in [1.165, 1.54) is 18.1 Å². The van der Waals surface area contributed by atoms with Gasteiger partial charge in [-0.05, 0) is 19.4 Å². The molecule has 0 spiro atoms. The molecule has 0 bridgehead atoms. The fraction of sp³-hybridized carbons (Fsp3) is 0.667. The molecule has 37 heavy (non-hydrogen) atoms. The number of halogens is 3. The average Bonchev–Trinajstić information content (AvgIpc) is 3.33. The van der Waals surface area contributed by atoms with Gasteiger partial charge in [-0.15, -0.1) is 0 Å². The van der Waals surface area contributed by atoms with Gasteiger partial charge in [0.15, 0.2) is 0 Å². The maximum absolute atomic E-state index is 8.64. The summed E-state index contributed by atoms with van der Waals surface area (Å²) in [5, 5.41) is 29.0. The Bertz CT molecular complexity index is 736. The molecule has 0 unspecified atom stereocenters. The van der Waals surface area contributed by atoms with E-state index in [-0.39, 0.29) is 158 Å². The second-order valence-electron chi connectivity index (χ2n) is 6.87. The first-order valence-corrected chi connectivity index (χ1v) is 11.9. The average molecular weight is 778 g/mol. The van der Waals surface area contributed by atoms with Crippen LogP contribution in [0.4, 0.5) is 0 Å². The maximum atomic E-state index is 8.64. The Morgan fingerprint density at radius 1 is 1.03 bits per heavy atom. The van der Waals surface area contributed by atoms with Crippen molar-refractivity contribution in [1.82, 2.24) is 14.5 Å². The van der Waals surface area contributed by atoms with E-state index < -0.39 is 0 Å². The standard InChI is InChI=1S/C10H20N3O.C8H14BrN2.C2H7NO.CH2O3.2BrH.2K.H/c1-10-12(2)7-8-13(10)6-3-4-11-5-9-14;1-8-10(2)6-7-11(8)5-3-4-9;3-1-2-4;2-1-4-3;;;;;/h7-8,11,14H,3-6,9H2,1-2H3;6-7H,3-5H2,1-2H3;4H,1-3H2;1,3H;2*1H;;;/q2*+1;;;;;2*+1;-1/p-3. The monoisotopic (exact) mass is 774 g/mol. The van der Waals surface area contributed by atoms with Crippen LogP contribution in [-0.2, 0) is 36.9 Å². The molecule has 0 amide bonds. The summed E-state index contributed by atoms with van der Waals surface area (Å²) < 4.78 is 8.75. The summed E-state index contributed by atoms with van der Waals surface area (Å²) in [7, 11) is 4.12. The molecule has 0 aliphatic heterocycles. The Balaban J connectivity index is -0.0000000724. The molecule has 0 saturated carbocycles. The Hall–Kier alpha value is 2.40. The number of nitrogens with zero attached hydrogens (tertiary/aromatic N) is 4. The molecular weight excluding hydrogens is 734 g/mol. The summed E-state index contributed by atoms with van der Waals surface area (Å²) in [4.78, 5) is 11.2. The molecule has 16 heteroatoms. The Labute approximate surface area is 337 Å². The zero-order valence-corrected chi connectivity index (χ0v) is 34.1. The van der Waals surface area contributed by atoms with Gasteiger partial charge in [0.25, 0.3) is 18.1 Å². The molecule has 2 aromatic rings. The minimum Gasteiger partial charge on any atom is -1.00 e. The van der Waals surface area contributed by atoms with E-state index in [1.54, 1.807) is 0 Å².